The van der Waals surface area contributed by atoms with Crippen LogP contribution in [0.2, 0.25) is 0 Å². The van der Waals surface area contributed by atoms with Gasteiger partial charge in [-0.15, -0.1) is 0 Å². The highest BCUT2D eigenvalue weighted by molar-refractivity contribution is 7.88. The summed E-state index contributed by atoms with van der Waals surface area (Å²) in [5.74, 6) is 0.853. The largest absolute Gasteiger partial charge is 0.344 e. The number of carbonyl (C=O) groups is 2. The third-order valence-electron chi connectivity index (χ3n) is 6.10. The summed E-state index contributed by atoms with van der Waals surface area (Å²) >= 11 is 0. The van der Waals surface area contributed by atoms with Gasteiger partial charge >= 0.3 is 0 Å². The highest BCUT2D eigenvalue weighted by Gasteiger charge is 2.19. The van der Waals surface area contributed by atoms with Crippen LogP contribution < -0.4 is 15.4 Å². The summed E-state index contributed by atoms with van der Waals surface area (Å²) in [6, 6.07) is 7.71. The van der Waals surface area contributed by atoms with Crippen LogP contribution in [-0.4, -0.2) is 79.7 Å². The number of hydrogen-bond acceptors (Lipinski definition) is 7. The molecule has 37 heavy (non-hydrogen) atoms. The molecule has 2 amide bonds. The molecule has 0 saturated carbocycles. The van der Waals surface area contributed by atoms with Gasteiger partial charge in [-0.3, -0.25) is 9.59 Å². The van der Waals surface area contributed by atoms with Gasteiger partial charge in [-0.25, -0.2) is 23.1 Å². The molecule has 0 aliphatic heterocycles. The first kappa shape index (κ1) is 28.5. The average Bonchev–Trinajstić information content (AvgIpc) is 3.24. The number of sulfonamides is 1. The van der Waals surface area contributed by atoms with Crippen LogP contribution in [0.1, 0.15) is 38.4 Å². The Morgan fingerprint density at radius 1 is 1.08 bits per heavy atom. The number of pyridine rings is 1. The van der Waals surface area contributed by atoms with Crippen molar-refractivity contribution in [3.05, 3.63) is 30.1 Å². The van der Waals surface area contributed by atoms with Gasteiger partial charge in [-0.1, -0.05) is 25.1 Å². The van der Waals surface area contributed by atoms with Gasteiger partial charge < -0.3 is 20.1 Å². The van der Waals surface area contributed by atoms with E-state index in [0.717, 1.165) is 34.9 Å². The zero-order valence-corrected chi connectivity index (χ0v) is 22.8. The van der Waals surface area contributed by atoms with Crippen LogP contribution in [0.25, 0.3) is 21.9 Å². The van der Waals surface area contributed by atoms with E-state index in [0.29, 0.717) is 50.4 Å². The molecule has 2 heterocycles. The lowest BCUT2D eigenvalue weighted by molar-refractivity contribution is -0.131. The predicted molar refractivity (Wildman–Crippen MR) is 146 cm³/mol. The SMILES string of the molecule is CCc1nc2c(NC(=O)CCC(=O)N(C)CCNC)nc3ccccc3c2n1CCCCNS(C)(=O)=O. The number of benzene rings is 1. The maximum Gasteiger partial charge on any atom is 0.226 e. The fourth-order valence-corrected chi connectivity index (χ4v) is 4.66. The van der Waals surface area contributed by atoms with Crippen LogP contribution in [0.3, 0.4) is 0 Å². The molecule has 0 aliphatic rings. The van der Waals surface area contributed by atoms with Crippen molar-refractivity contribution in [1.29, 1.82) is 0 Å². The van der Waals surface area contributed by atoms with Gasteiger partial charge in [0.05, 0.1) is 17.3 Å². The minimum absolute atomic E-state index is 0.0490. The van der Waals surface area contributed by atoms with Crippen molar-refractivity contribution < 1.29 is 18.0 Å². The van der Waals surface area contributed by atoms with Gasteiger partial charge in [-0.2, -0.15) is 0 Å². The van der Waals surface area contributed by atoms with Crippen LogP contribution in [-0.2, 0) is 32.6 Å². The molecule has 2 aromatic heterocycles. The minimum atomic E-state index is -3.22. The third-order valence-corrected chi connectivity index (χ3v) is 6.83. The summed E-state index contributed by atoms with van der Waals surface area (Å²) in [7, 11) is 0.333. The van der Waals surface area contributed by atoms with Crippen LogP contribution in [0, 0.1) is 0 Å². The van der Waals surface area contributed by atoms with E-state index in [9.17, 15) is 18.0 Å². The number of carbonyl (C=O) groups excluding carboxylic acids is 2. The van der Waals surface area contributed by atoms with Gasteiger partial charge in [0.2, 0.25) is 21.8 Å². The molecule has 0 saturated heterocycles. The monoisotopic (exact) mass is 531 g/mol. The Bertz CT molecular complexity index is 1350. The Morgan fingerprint density at radius 2 is 1.84 bits per heavy atom. The maximum absolute atomic E-state index is 12.8. The van der Waals surface area contributed by atoms with Crippen molar-refractivity contribution in [2.75, 3.05) is 45.3 Å². The van der Waals surface area contributed by atoms with Gasteiger partial charge in [0, 0.05) is 57.9 Å². The minimum Gasteiger partial charge on any atom is -0.344 e. The number of rotatable bonds is 14. The molecule has 3 rings (SSSR count). The number of para-hydroxylation sites is 1. The van der Waals surface area contributed by atoms with Gasteiger partial charge in [0.1, 0.15) is 11.3 Å². The average molecular weight is 532 g/mol. The highest BCUT2D eigenvalue weighted by Crippen LogP contribution is 2.31. The fraction of sp³-hybridized carbons (Fsp3) is 0.520. The Kier molecular flexibility index (Phi) is 9.95. The van der Waals surface area contributed by atoms with Crippen LogP contribution in [0.15, 0.2) is 24.3 Å². The molecule has 202 valence electrons. The number of amides is 2. The second kappa shape index (κ2) is 12.9. The standard InChI is InChI=1S/C25H37N7O4S/c1-5-20-29-23-24(32(20)16-9-8-14-27-37(4,35)36)18-10-6-7-11-19(18)28-25(23)30-21(33)12-13-22(34)31(3)17-15-26-2/h6-7,10-11,26-27H,5,8-9,12-17H2,1-4H3,(H,28,30,33). The van der Waals surface area contributed by atoms with Crippen molar-refractivity contribution in [3.8, 4) is 0 Å². The summed E-state index contributed by atoms with van der Waals surface area (Å²) in [5, 5.41) is 6.82. The van der Waals surface area contributed by atoms with Crippen molar-refractivity contribution in [2.24, 2.45) is 0 Å². The Morgan fingerprint density at radius 3 is 2.54 bits per heavy atom. The molecule has 3 N–H and O–H groups in total. The fourth-order valence-electron chi connectivity index (χ4n) is 4.14. The number of nitrogens with one attached hydrogen (secondary N) is 3. The first-order chi connectivity index (χ1) is 17.6. The molecule has 11 nitrogen and oxygen atoms in total. The molecular formula is C25H37N7O4S. The normalized spacial score (nSPS) is 11.8. The number of nitrogens with zero attached hydrogens (tertiary/aromatic N) is 4. The Labute approximate surface area is 218 Å². The number of fused-ring (bicyclic) bond motifs is 3. The molecule has 0 aliphatic carbocycles. The van der Waals surface area contributed by atoms with Crippen LogP contribution in [0.4, 0.5) is 5.82 Å². The lowest BCUT2D eigenvalue weighted by Crippen LogP contribution is -2.33. The van der Waals surface area contributed by atoms with Gasteiger partial charge in [0.25, 0.3) is 0 Å². The van der Waals surface area contributed by atoms with Crippen molar-refractivity contribution in [3.63, 3.8) is 0 Å². The number of aryl methyl sites for hydroxylation is 2. The number of hydrogen-bond donors (Lipinski definition) is 3. The maximum atomic E-state index is 12.8. The van der Waals surface area contributed by atoms with Gasteiger partial charge in [0.15, 0.2) is 5.82 Å². The third kappa shape index (κ3) is 7.70. The van der Waals surface area contributed by atoms with Crippen molar-refractivity contribution in [2.45, 2.75) is 45.6 Å². The summed E-state index contributed by atoms with van der Waals surface area (Å²) in [6.45, 7) is 4.31. The molecule has 0 bridgehead atoms. The Balaban J connectivity index is 1.83. The van der Waals surface area contributed by atoms with E-state index < -0.39 is 10.0 Å². The number of imidazole rings is 1. The van der Waals surface area contributed by atoms with E-state index in [2.05, 4.69) is 24.9 Å². The predicted octanol–water partition coefficient (Wildman–Crippen LogP) is 1.87. The molecule has 0 radical (unpaired) electrons. The first-order valence-corrected chi connectivity index (χ1v) is 14.4. The van der Waals surface area contributed by atoms with E-state index in [1.54, 1.807) is 11.9 Å². The number of unbranched alkanes of at least 4 members (excludes halogenated alkanes) is 1. The first-order valence-electron chi connectivity index (χ1n) is 12.6. The van der Waals surface area contributed by atoms with Crippen molar-refractivity contribution >= 4 is 49.6 Å². The highest BCUT2D eigenvalue weighted by atomic mass is 32.2. The number of aromatic nitrogens is 3. The van der Waals surface area contributed by atoms with E-state index >= 15 is 0 Å². The molecule has 12 heteroatoms. The molecule has 1 aromatic carbocycles. The van der Waals surface area contributed by atoms with Crippen LogP contribution in [0.5, 0.6) is 0 Å². The topological polar surface area (TPSA) is 138 Å². The zero-order valence-electron chi connectivity index (χ0n) is 22.0. The van der Waals surface area contributed by atoms with Crippen LogP contribution >= 0.6 is 0 Å². The van der Waals surface area contributed by atoms with E-state index in [1.165, 1.54) is 0 Å². The van der Waals surface area contributed by atoms with Crippen molar-refractivity contribution in [1.82, 2.24) is 29.5 Å². The molecule has 0 spiro atoms. The molecule has 0 fully saturated rings. The van der Waals surface area contributed by atoms with E-state index in [-0.39, 0.29) is 24.7 Å². The van der Waals surface area contributed by atoms with E-state index in [1.807, 2.05) is 38.2 Å². The summed E-state index contributed by atoms with van der Waals surface area (Å²) in [6.07, 6.45) is 3.43. The number of likely N-dealkylation sites (N-methyl/N-ethyl adjacent to an activating group) is 2. The molecule has 0 unspecified atom stereocenters. The molecule has 3 aromatic rings. The second-order valence-electron chi connectivity index (χ2n) is 9.05. The lowest BCUT2D eigenvalue weighted by atomic mass is 10.1. The quantitative estimate of drug-likeness (QED) is 0.270. The summed E-state index contributed by atoms with van der Waals surface area (Å²) in [4.78, 5) is 36.2. The van der Waals surface area contributed by atoms with Gasteiger partial charge in [-0.05, 0) is 26.0 Å². The smallest absolute Gasteiger partial charge is 0.226 e. The second-order valence-corrected chi connectivity index (χ2v) is 10.9. The Hall–Kier alpha value is -3.09. The lowest BCUT2D eigenvalue weighted by Gasteiger charge is -2.16. The summed E-state index contributed by atoms with van der Waals surface area (Å²) in [5.41, 5.74) is 2.23. The molecular weight excluding hydrogens is 494 g/mol. The van der Waals surface area contributed by atoms with E-state index in [4.69, 9.17) is 4.98 Å². The zero-order chi connectivity index (χ0) is 27.0. The summed E-state index contributed by atoms with van der Waals surface area (Å²) < 4.78 is 27.3. The number of anilines is 1. The molecule has 0 atom stereocenters.